The monoisotopic (exact) mass is 332 g/mol. The lowest BCUT2D eigenvalue weighted by molar-refractivity contribution is 0.316. The van der Waals surface area contributed by atoms with E-state index in [0.717, 1.165) is 30.2 Å². The molecule has 0 atom stereocenters. The minimum Gasteiger partial charge on any atom is -0.347 e. The third kappa shape index (κ3) is 4.37. The van der Waals surface area contributed by atoms with Crippen molar-refractivity contribution in [3.8, 4) is 0 Å². The Morgan fingerprint density at radius 2 is 2.00 bits per heavy atom. The van der Waals surface area contributed by atoms with Gasteiger partial charge in [-0.2, -0.15) is 4.37 Å². The summed E-state index contributed by atoms with van der Waals surface area (Å²) in [6, 6.07) is 0.336. The summed E-state index contributed by atoms with van der Waals surface area (Å²) in [5, 5.41) is 0.934. The fraction of sp³-hybridized carbons (Fsp3) is 0.846. The van der Waals surface area contributed by atoms with Gasteiger partial charge >= 0.3 is 0 Å². The summed E-state index contributed by atoms with van der Waals surface area (Å²) in [4.78, 5) is 6.75. The van der Waals surface area contributed by atoms with Crippen molar-refractivity contribution in [2.45, 2.75) is 39.2 Å². The van der Waals surface area contributed by atoms with Crippen LogP contribution in [0.25, 0.3) is 0 Å². The Kier molecular flexibility index (Phi) is 5.21. The summed E-state index contributed by atoms with van der Waals surface area (Å²) in [6.45, 7) is 5.49. The summed E-state index contributed by atoms with van der Waals surface area (Å²) in [5.74, 6) is 1.46. The number of piperidine rings is 1. The maximum Gasteiger partial charge on any atom is 0.211 e. The van der Waals surface area contributed by atoms with Crippen LogP contribution < -0.4 is 4.90 Å². The van der Waals surface area contributed by atoms with Crippen LogP contribution in [0.15, 0.2) is 0 Å². The smallest absolute Gasteiger partial charge is 0.211 e. The van der Waals surface area contributed by atoms with Crippen molar-refractivity contribution < 1.29 is 8.42 Å². The Morgan fingerprint density at radius 1 is 1.38 bits per heavy atom. The number of rotatable bonds is 5. The molecule has 0 aliphatic carbocycles. The number of hydrogen-bond acceptors (Lipinski definition) is 6. The molecule has 8 heteroatoms. The Balaban J connectivity index is 1.95. The van der Waals surface area contributed by atoms with E-state index in [9.17, 15) is 8.42 Å². The normalized spacial score (nSPS) is 18.3. The van der Waals surface area contributed by atoms with E-state index in [-0.39, 0.29) is 0 Å². The van der Waals surface area contributed by atoms with Gasteiger partial charge in [0.2, 0.25) is 15.2 Å². The van der Waals surface area contributed by atoms with E-state index in [0.29, 0.717) is 25.0 Å². The lowest BCUT2D eigenvalue weighted by atomic mass is 10.1. The first-order chi connectivity index (χ1) is 9.77. The minimum absolute atomic E-state index is 0.336. The first-order valence-corrected chi connectivity index (χ1v) is 9.90. The van der Waals surface area contributed by atoms with Gasteiger partial charge in [0.05, 0.1) is 6.26 Å². The molecule has 1 saturated heterocycles. The first-order valence-electron chi connectivity index (χ1n) is 7.28. The minimum atomic E-state index is -3.06. The van der Waals surface area contributed by atoms with E-state index in [4.69, 9.17) is 0 Å². The molecule has 1 aliphatic heterocycles. The van der Waals surface area contributed by atoms with E-state index >= 15 is 0 Å². The highest BCUT2D eigenvalue weighted by Crippen LogP contribution is 2.25. The molecule has 1 aromatic rings. The van der Waals surface area contributed by atoms with Crippen LogP contribution in [0.5, 0.6) is 0 Å². The van der Waals surface area contributed by atoms with Gasteiger partial charge < -0.3 is 4.90 Å². The Bertz CT molecular complexity index is 562. The van der Waals surface area contributed by atoms with Crippen molar-refractivity contribution in [2.24, 2.45) is 5.92 Å². The van der Waals surface area contributed by atoms with Gasteiger partial charge in [-0.3, -0.25) is 0 Å². The van der Waals surface area contributed by atoms with Crippen LogP contribution in [0.3, 0.4) is 0 Å². The molecule has 0 bridgehead atoms. The quantitative estimate of drug-likeness (QED) is 0.819. The molecule has 21 heavy (non-hydrogen) atoms. The highest BCUT2D eigenvalue weighted by atomic mass is 32.2. The molecular formula is C13H24N4O2S2. The molecule has 0 amide bonds. The van der Waals surface area contributed by atoms with E-state index in [1.54, 1.807) is 4.31 Å². The Hall–Kier alpha value is -0.730. The molecule has 2 rings (SSSR count). The first kappa shape index (κ1) is 16.6. The topological polar surface area (TPSA) is 66.4 Å². The van der Waals surface area contributed by atoms with Gasteiger partial charge in [0, 0.05) is 44.1 Å². The lowest BCUT2D eigenvalue weighted by Crippen LogP contribution is -2.45. The van der Waals surface area contributed by atoms with Gasteiger partial charge in [0.15, 0.2) is 0 Å². The standard InChI is InChI=1S/C13H24N4O2S2/c1-10(2)9-12-14-13(20-15-12)16(3)11-5-7-17(8-6-11)21(4,18)19/h10-11H,5-9H2,1-4H3. The second kappa shape index (κ2) is 6.58. The van der Waals surface area contributed by atoms with E-state index in [2.05, 4.69) is 28.1 Å². The number of aromatic nitrogens is 2. The summed E-state index contributed by atoms with van der Waals surface area (Å²) in [6.07, 6.45) is 3.85. The number of hydrogen-bond donors (Lipinski definition) is 0. The summed E-state index contributed by atoms with van der Waals surface area (Å²) in [7, 11) is -1.03. The highest BCUT2D eigenvalue weighted by Gasteiger charge is 2.28. The van der Waals surface area contributed by atoms with Crippen molar-refractivity contribution in [1.29, 1.82) is 0 Å². The number of sulfonamides is 1. The molecule has 1 aliphatic rings. The van der Waals surface area contributed by atoms with Gasteiger partial charge in [-0.05, 0) is 18.8 Å². The zero-order valence-electron chi connectivity index (χ0n) is 13.1. The second-order valence-electron chi connectivity index (χ2n) is 6.10. The molecule has 0 aromatic carbocycles. The summed E-state index contributed by atoms with van der Waals surface area (Å²) >= 11 is 1.43. The van der Waals surface area contributed by atoms with E-state index in [1.807, 2.05) is 7.05 Å². The van der Waals surface area contributed by atoms with Crippen molar-refractivity contribution in [2.75, 3.05) is 31.3 Å². The van der Waals surface area contributed by atoms with Crippen LogP contribution in [0, 0.1) is 5.92 Å². The molecule has 120 valence electrons. The molecule has 1 fully saturated rings. The Morgan fingerprint density at radius 3 is 2.52 bits per heavy atom. The van der Waals surface area contributed by atoms with Crippen LogP contribution in [-0.2, 0) is 16.4 Å². The molecule has 0 spiro atoms. The zero-order chi connectivity index (χ0) is 15.6. The lowest BCUT2D eigenvalue weighted by Gasteiger charge is -2.35. The van der Waals surface area contributed by atoms with Gasteiger partial charge in [-0.25, -0.2) is 17.7 Å². The molecular weight excluding hydrogens is 308 g/mol. The largest absolute Gasteiger partial charge is 0.347 e. The summed E-state index contributed by atoms with van der Waals surface area (Å²) in [5.41, 5.74) is 0. The van der Waals surface area contributed by atoms with Crippen molar-refractivity contribution in [3.63, 3.8) is 0 Å². The van der Waals surface area contributed by atoms with E-state index < -0.39 is 10.0 Å². The maximum atomic E-state index is 11.5. The van der Waals surface area contributed by atoms with Gasteiger partial charge in [-0.1, -0.05) is 13.8 Å². The van der Waals surface area contributed by atoms with Crippen LogP contribution in [-0.4, -0.2) is 54.5 Å². The zero-order valence-corrected chi connectivity index (χ0v) is 14.7. The maximum absolute atomic E-state index is 11.5. The predicted octanol–water partition coefficient (Wildman–Crippen LogP) is 1.60. The molecule has 0 N–H and O–H groups in total. The van der Waals surface area contributed by atoms with Crippen molar-refractivity contribution >= 4 is 26.7 Å². The van der Waals surface area contributed by atoms with Gasteiger partial charge in [0.25, 0.3) is 0 Å². The van der Waals surface area contributed by atoms with Crippen LogP contribution in [0.4, 0.5) is 5.13 Å². The number of nitrogens with zero attached hydrogens (tertiary/aromatic N) is 4. The van der Waals surface area contributed by atoms with Crippen molar-refractivity contribution in [3.05, 3.63) is 5.82 Å². The Labute approximate surface area is 131 Å². The average molecular weight is 332 g/mol. The molecule has 0 unspecified atom stereocenters. The predicted molar refractivity (Wildman–Crippen MR) is 86.3 cm³/mol. The van der Waals surface area contributed by atoms with E-state index in [1.165, 1.54) is 17.8 Å². The third-order valence-electron chi connectivity index (χ3n) is 3.79. The summed E-state index contributed by atoms with van der Waals surface area (Å²) < 4.78 is 29.0. The molecule has 1 aromatic heterocycles. The fourth-order valence-corrected chi connectivity index (χ4v) is 4.15. The second-order valence-corrected chi connectivity index (χ2v) is 8.81. The molecule has 0 saturated carbocycles. The van der Waals surface area contributed by atoms with Gasteiger partial charge in [-0.15, -0.1) is 0 Å². The number of anilines is 1. The van der Waals surface area contributed by atoms with Crippen LogP contribution in [0.1, 0.15) is 32.5 Å². The van der Waals surface area contributed by atoms with Crippen LogP contribution in [0.2, 0.25) is 0 Å². The van der Waals surface area contributed by atoms with Crippen molar-refractivity contribution in [1.82, 2.24) is 13.7 Å². The average Bonchev–Trinajstić information content (AvgIpc) is 2.84. The molecule has 6 nitrogen and oxygen atoms in total. The molecule has 0 radical (unpaired) electrons. The SMILES string of the molecule is CC(C)Cc1nsc(N(C)C2CCN(S(C)(=O)=O)CC2)n1. The fourth-order valence-electron chi connectivity index (χ4n) is 2.55. The van der Waals surface area contributed by atoms with Gasteiger partial charge in [0.1, 0.15) is 5.82 Å². The highest BCUT2D eigenvalue weighted by molar-refractivity contribution is 7.88. The molecule has 2 heterocycles. The third-order valence-corrected chi connectivity index (χ3v) is 5.94. The van der Waals surface area contributed by atoms with Crippen LogP contribution >= 0.6 is 11.5 Å².